The van der Waals surface area contributed by atoms with E-state index in [1.54, 1.807) is 13.2 Å². The molecule has 1 N–H and O–H groups in total. The molecule has 17 heavy (non-hydrogen) atoms. The molecule has 0 saturated heterocycles. The van der Waals surface area contributed by atoms with Gasteiger partial charge in [-0.15, -0.1) is 0 Å². The summed E-state index contributed by atoms with van der Waals surface area (Å²) in [6.07, 6.45) is 2.67. The average molecular weight is 236 g/mol. The van der Waals surface area contributed by atoms with E-state index in [9.17, 15) is 4.79 Å². The molecule has 4 heteroatoms. The summed E-state index contributed by atoms with van der Waals surface area (Å²) in [5.41, 5.74) is 1.86. The van der Waals surface area contributed by atoms with Gasteiger partial charge in [-0.2, -0.15) is 0 Å². The predicted molar refractivity (Wildman–Crippen MR) is 64.6 cm³/mol. The van der Waals surface area contributed by atoms with E-state index in [0.29, 0.717) is 19.8 Å². The molecule has 0 atom stereocenters. The van der Waals surface area contributed by atoms with Crippen molar-refractivity contribution in [1.82, 2.24) is 0 Å². The molecule has 1 aromatic carbocycles. The highest BCUT2D eigenvalue weighted by molar-refractivity contribution is 5.85. The van der Waals surface area contributed by atoms with Gasteiger partial charge in [0, 0.05) is 13.2 Å². The summed E-state index contributed by atoms with van der Waals surface area (Å²) in [7, 11) is 1.63. The molecule has 0 spiro atoms. The Morgan fingerprint density at radius 2 is 2.24 bits per heavy atom. The second-order valence-corrected chi connectivity index (χ2v) is 3.46. The van der Waals surface area contributed by atoms with E-state index in [1.807, 2.05) is 24.3 Å². The van der Waals surface area contributed by atoms with Crippen LogP contribution >= 0.6 is 0 Å². The summed E-state index contributed by atoms with van der Waals surface area (Å²) in [5, 5.41) is 8.52. The van der Waals surface area contributed by atoms with E-state index in [2.05, 4.69) is 0 Å². The van der Waals surface area contributed by atoms with Gasteiger partial charge < -0.3 is 14.6 Å². The number of carboxylic acids is 1. The van der Waals surface area contributed by atoms with Gasteiger partial charge in [-0.05, 0) is 23.3 Å². The van der Waals surface area contributed by atoms with E-state index in [0.717, 1.165) is 17.2 Å². The molecular weight excluding hydrogens is 220 g/mol. The second kappa shape index (κ2) is 7.60. The average Bonchev–Trinajstić information content (AvgIpc) is 2.33. The molecule has 0 unspecified atom stereocenters. The van der Waals surface area contributed by atoms with Gasteiger partial charge in [0.05, 0.1) is 19.8 Å². The van der Waals surface area contributed by atoms with Crippen LogP contribution in [0.25, 0.3) is 6.08 Å². The van der Waals surface area contributed by atoms with Crippen molar-refractivity contribution in [3.8, 4) is 0 Å². The molecule has 92 valence electrons. The zero-order valence-electron chi connectivity index (χ0n) is 9.76. The first kappa shape index (κ1) is 13.4. The number of carboxylic acid groups (broad SMARTS) is 1. The molecule has 4 nitrogen and oxygen atoms in total. The maximum absolute atomic E-state index is 10.4. The van der Waals surface area contributed by atoms with Crippen molar-refractivity contribution in [1.29, 1.82) is 0 Å². The van der Waals surface area contributed by atoms with Crippen molar-refractivity contribution in [3.63, 3.8) is 0 Å². The van der Waals surface area contributed by atoms with Gasteiger partial charge in [0.1, 0.15) is 0 Å². The first-order valence-corrected chi connectivity index (χ1v) is 5.29. The summed E-state index contributed by atoms with van der Waals surface area (Å²) < 4.78 is 10.2. The van der Waals surface area contributed by atoms with Crippen LogP contribution in [-0.2, 0) is 20.9 Å². The summed E-state index contributed by atoms with van der Waals surface area (Å²) >= 11 is 0. The van der Waals surface area contributed by atoms with Crippen molar-refractivity contribution in [2.45, 2.75) is 6.61 Å². The molecule has 0 saturated carbocycles. The number of rotatable bonds is 7. The van der Waals surface area contributed by atoms with Crippen LogP contribution in [0.4, 0.5) is 0 Å². The SMILES string of the molecule is COCCOCc1cccc(C=CC(=O)O)c1. The lowest BCUT2D eigenvalue weighted by Crippen LogP contribution is -2.01. The highest BCUT2D eigenvalue weighted by atomic mass is 16.5. The van der Waals surface area contributed by atoms with Gasteiger partial charge in [-0.1, -0.05) is 18.2 Å². The minimum Gasteiger partial charge on any atom is -0.478 e. The fraction of sp³-hybridized carbons (Fsp3) is 0.308. The molecule has 0 aliphatic carbocycles. The maximum Gasteiger partial charge on any atom is 0.328 e. The van der Waals surface area contributed by atoms with E-state index in [1.165, 1.54) is 0 Å². The lowest BCUT2D eigenvalue weighted by atomic mass is 10.1. The predicted octanol–water partition coefficient (Wildman–Crippen LogP) is 1.95. The molecule has 0 heterocycles. The van der Waals surface area contributed by atoms with Crippen LogP contribution in [0, 0.1) is 0 Å². The Hall–Kier alpha value is -1.65. The summed E-state index contributed by atoms with van der Waals surface area (Å²) in [4.78, 5) is 10.4. The number of ether oxygens (including phenoxy) is 2. The Morgan fingerprint density at radius 1 is 1.41 bits per heavy atom. The molecule has 0 radical (unpaired) electrons. The van der Waals surface area contributed by atoms with E-state index < -0.39 is 5.97 Å². The van der Waals surface area contributed by atoms with Crippen molar-refractivity contribution in [3.05, 3.63) is 41.5 Å². The van der Waals surface area contributed by atoms with Gasteiger partial charge in [-0.3, -0.25) is 0 Å². The third kappa shape index (κ3) is 5.85. The smallest absolute Gasteiger partial charge is 0.328 e. The van der Waals surface area contributed by atoms with Crippen molar-refractivity contribution >= 4 is 12.0 Å². The number of hydrogen-bond donors (Lipinski definition) is 1. The standard InChI is InChI=1S/C13H16O4/c1-16-7-8-17-10-12-4-2-3-11(9-12)5-6-13(14)15/h2-6,9H,7-8,10H2,1H3,(H,14,15). The fourth-order valence-electron chi connectivity index (χ4n) is 1.29. The van der Waals surface area contributed by atoms with Crippen LogP contribution in [0.1, 0.15) is 11.1 Å². The third-order valence-corrected chi connectivity index (χ3v) is 2.07. The highest BCUT2D eigenvalue weighted by Gasteiger charge is 1.95. The third-order valence-electron chi connectivity index (χ3n) is 2.07. The molecule has 1 rings (SSSR count). The Morgan fingerprint density at radius 3 is 2.94 bits per heavy atom. The minimum absolute atomic E-state index is 0.498. The van der Waals surface area contributed by atoms with Crippen LogP contribution in [0.3, 0.4) is 0 Å². The Balaban J connectivity index is 2.50. The van der Waals surface area contributed by atoms with Crippen LogP contribution in [0.15, 0.2) is 30.3 Å². The molecule has 0 aliphatic heterocycles. The molecule has 0 bridgehead atoms. The first-order valence-electron chi connectivity index (χ1n) is 5.29. The zero-order valence-corrected chi connectivity index (χ0v) is 9.76. The second-order valence-electron chi connectivity index (χ2n) is 3.46. The molecule has 0 amide bonds. The van der Waals surface area contributed by atoms with Crippen LogP contribution in [0.2, 0.25) is 0 Å². The number of carbonyl (C=O) groups is 1. The first-order chi connectivity index (χ1) is 8.22. The summed E-state index contributed by atoms with van der Waals surface area (Å²) in [5.74, 6) is -0.952. The van der Waals surface area contributed by atoms with Crippen LogP contribution < -0.4 is 0 Å². The van der Waals surface area contributed by atoms with Crippen molar-refractivity contribution < 1.29 is 19.4 Å². The monoisotopic (exact) mass is 236 g/mol. The van der Waals surface area contributed by atoms with E-state index in [4.69, 9.17) is 14.6 Å². The largest absolute Gasteiger partial charge is 0.478 e. The maximum atomic E-state index is 10.4. The molecule has 0 fully saturated rings. The number of aliphatic carboxylic acids is 1. The van der Waals surface area contributed by atoms with E-state index >= 15 is 0 Å². The Labute approximate surface area is 100 Å². The highest BCUT2D eigenvalue weighted by Crippen LogP contribution is 2.08. The topological polar surface area (TPSA) is 55.8 Å². The lowest BCUT2D eigenvalue weighted by molar-refractivity contribution is -0.131. The number of benzene rings is 1. The normalized spacial score (nSPS) is 10.9. The van der Waals surface area contributed by atoms with Crippen molar-refractivity contribution in [2.75, 3.05) is 20.3 Å². The molecule has 0 aromatic heterocycles. The Bertz CT molecular complexity index is 385. The number of methoxy groups -OCH3 is 1. The van der Waals surface area contributed by atoms with Gasteiger partial charge in [0.2, 0.25) is 0 Å². The van der Waals surface area contributed by atoms with Gasteiger partial charge in [-0.25, -0.2) is 4.79 Å². The summed E-state index contributed by atoms with van der Waals surface area (Å²) in [6, 6.07) is 7.55. The number of hydrogen-bond acceptors (Lipinski definition) is 3. The van der Waals surface area contributed by atoms with Gasteiger partial charge >= 0.3 is 5.97 Å². The van der Waals surface area contributed by atoms with Crippen molar-refractivity contribution in [2.24, 2.45) is 0 Å². The van der Waals surface area contributed by atoms with Crippen LogP contribution in [-0.4, -0.2) is 31.4 Å². The zero-order chi connectivity index (χ0) is 12.5. The molecular formula is C13H16O4. The fourth-order valence-corrected chi connectivity index (χ4v) is 1.29. The Kier molecular flexibility index (Phi) is 5.99. The molecule has 1 aromatic rings. The molecule has 0 aliphatic rings. The van der Waals surface area contributed by atoms with Gasteiger partial charge in [0.15, 0.2) is 0 Å². The van der Waals surface area contributed by atoms with Crippen LogP contribution in [0.5, 0.6) is 0 Å². The summed E-state index contributed by atoms with van der Waals surface area (Å²) in [6.45, 7) is 1.61. The quantitative estimate of drug-likeness (QED) is 0.580. The van der Waals surface area contributed by atoms with E-state index in [-0.39, 0.29) is 0 Å². The lowest BCUT2D eigenvalue weighted by Gasteiger charge is -2.04. The van der Waals surface area contributed by atoms with Gasteiger partial charge in [0.25, 0.3) is 0 Å². The minimum atomic E-state index is -0.952.